The number of aryl methyl sites for hydroxylation is 1. The zero-order valence-electron chi connectivity index (χ0n) is 14.8. The lowest BCUT2D eigenvalue weighted by atomic mass is 9.91. The van der Waals surface area contributed by atoms with Gasteiger partial charge < -0.3 is 10.2 Å². The van der Waals surface area contributed by atoms with Crippen LogP contribution in [-0.4, -0.2) is 33.8 Å². The van der Waals surface area contributed by atoms with Crippen LogP contribution in [0.15, 0.2) is 53.4 Å². The highest BCUT2D eigenvalue weighted by molar-refractivity contribution is 7.07. The fourth-order valence-electron chi connectivity index (χ4n) is 3.51. The molecule has 1 fully saturated rings. The number of amides is 2. The molecular weight excluding hydrogens is 344 g/mol. The summed E-state index contributed by atoms with van der Waals surface area (Å²) in [4.78, 5) is 14.6. The predicted octanol–water partition coefficient (Wildman–Crippen LogP) is 4.56. The molecule has 0 radical (unpaired) electrons. The van der Waals surface area contributed by atoms with E-state index in [4.69, 9.17) is 0 Å². The number of likely N-dealkylation sites (tertiary alicyclic amines) is 1. The summed E-state index contributed by atoms with van der Waals surface area (Å²) in [6.45, 7) is 1.57. The van der Waals surface area contributed by atoms with Crippen molar-refractivity contribution in [2.75, 3.05) is 18.4 Å². The molecule has 2 aromatic heterocycles. The first-order valence-electron chi connectivity index (χ1n) is 8.88. The highest BCUT2D eigenvalue weighted by atomic mass is 32.1. The van der Waals surface area contributed by atoms with Crippen molar-refractivity contribution in [1.82, 2.24) is 14.7 Å². The van der Waals surface area contributed by atoms with E-state index in [9.17, 15) is 4.79 Å². The molecule has 0 aliphatic carbocycles. The van der Waals surface area contributed by atoms with Crippen LogP contribution in [0.4, 0.5) is 10.5 Å². The Morgan fingerprint density at radius 1 is 1.19 bits per heavy atom. The molecule has 1 saturated heterocycles. The van der Waals surface area contributed by atoms with Crippen molar-refractivity contribution in [3.63, 3.8) is 0 Å². The summed E-state index contributed by atoms with van der Waals surface area (Å²) in [7, 11) is 1.87. The molecule has 4 rings (SSSR count). The summed E-state index contributed by atoms with van der Waals surface area (Å²) in [5.41, 5.74) is 3.96. The van der Waals surface area contributed by atoms with Crippen molar-refractivity contribution in [3.05, 3.63) is 58.9 Å². The number of nitrogens with zero attached hydrogens (tertiary/aromatic N) is 3. The largest absolute Gasteiger partial charge is 0.324 e. The Kier molecular flexibility index (Phi) is 4.75. The van der Waals surface area contributed by atoms with Crippen molar-refractivity contribution < 1.29 is 4.79 Å². The topological polar surface area (TPSA) is 50.2 Å². The number of anilines is 1. The van der Waals surface area contributed by atoms with Gasteiger partial charge in [0.2, 0.25) is 0 Å². The van der Waals surface area contributed by atoms with Gasteiger partial charge in [-0.3, -0.25) is 4.68 Å². The van der Waals surface area contributed by atoms with Crippen LogP contribution in [0, 0.1) is 0 Å². The van der Waals surface area contributed by atoms with Gasteiger partial charge in [-0.25, -0.2) is 4.79 Å². The Hall–Kier alpha value is -2.60. The van der Waals surface area contributed by atoms with E-state index in [0.717, 1.165) is 42.9 Å². The molecule has 1 aromatic carbocycles. The molecular formula is C20H22N4OS. The van der Waals surface area contributed by atoms with E-state index in [-0.39, 0.29) is 6.03 Å². The quantitative estimate of drug-likeness (QED) is 0.739. The number of rotatable bonds is 3. The maximum Gasteiger partial charge on any atom is 0.321 e. The molecule has 5 nitrogen and oxygen atoms in total. The molecule has 0 bridgehead atoms. The number of urea groups is 1. The summed E-state index contributed by atoms with van der Waals surface area (Å²) >= 11 is 1.74. The average Bonchev–Trinajstić information content (AvgIpc) is 3.32. The fraction of sp³-hybridized carbons (Fsp3) is 0.300. The van der Waals surface area contributed by atoms with Gasteiger partial charge in [0.1, 0.15) is 5.69 Å². The van der Waals surface area contributed by atoms with E-state index >= 15 is 0 Å². The van der Waals surface area contributed by atoms with Gasteiger partial charge in [0.25, 0.3) is 0 Å². The number of carbonyl (C=O) groups excluding carboxylic acids is 1. The van der Waals surface area contributed by atoms with Crippen molar-refractivity contribution in [2.24, 2.45) is 7.05 Å². The van der Waals surface area contributed by atoms with E-state index in [0.29, 0.717) is 5.92 Å². The van der Waals surface area contributed by atoms with Gasteiger partial charge in [-0.05, 0) is 41.1 Å². The molecule has 0 unspecified atom stereocenters. The lowest BCUT2D eigenvalue weighted by Crippen LogP contribution is -2.40. The third-order valence-corrected chi connectivity index (χ3v) is 5.62. The number of thiophene rings is 1. The summed E-state index contributed by atoms with van der Waals surface area (Å²) < 4.78 is 1.74. The molecule has 2 amide bonds. The normalized spacial score (nSPS) is 15.2. The van der Waals surface area contributed by atoms with Crippen molar-refractivity contribution >= 4 is 23.1 Å². The first-order chi connectivity index (χ1) is 12.7. The van der Waals surface area contributed by atoms with Crippen molar-refractivity contribution in [3.8, 4) is 11.3 Å². The van der Waals surface area contributed by atoms with E-state index in [1.165, 1.54) is 5.56 Å². The third-order valence-electron chi connectivity index (χ3n) is 4.91. The third kappa shape index (κ3) is 3.51. The monoisotopic (exact) mass is 366 g/mol. The second-order valence-electron chi connectivity index (χ2n) is 6.68. The molecule has 0 atom stereocenters. The van der Waals surface area contributed by atoms with E-state index in [1.54, 1.807) is 16.0 Å². The lowest BCUT2D eigenvalue weighted by molar-refractivity contribution is 0.194. The van der Waals surface area contributed by atoms with Gasteiger partial charge in [0.15, 0.2) is 0 Å². The number of carbonyl (C=O) groups is 1. The van der Waals surface area contributed by atoms with Gasteiger partial charge in [0.05, 0.1) is 5.69 Å². The van der Waals surface area contributed by atoms with Crippen LogP contribution in [0.5, 0.6) is 0 Å². The summed E-state index contributed by atoms with van der Waals surface area (Å²) in [6, 6.07) is 12.1. The Bertz CT molecular complexity index is 865. The zero-order chi connectivity index (χ0) is 17.9. The molecule has 0 spiro atoms. The molecule has 0 saturated carbocycles. The smallest absolute Gasteiger partial charge is 0.321 e. The second-order valence-corrected chi connectivity index (χ2v) is 7.46. The zero-order valence-corrected chi connectivity index (χ0v) is 15.6. The SMILES string of the molecule is Cn1cc(NC(=O)N2CCC(c3ccsc3)CC2)c(-c2ccccc2)n1. The number of benzene rings is 1. The lowest BCUT2D eigenvalue weighted by Gasteiger charge is -2.31. The molecule has 134 valence electrons. The van der Waals surface area contributed by atoms with Crippen LogP contribution in [0.3, 0.4) is 0 Å². The number of hydrogen-bond acceptors (Lipinski definition) is 3. The molecule has 1 aliphatic rings. The molecule has 3 heterocycles. The van der Waals surface area contributed by atoms with Crippen LogP contribution in [-0.2, 0) is 7.05 Å². The van der Waals surface area contributed by atoms with Gasteiger partial charge in [-0.2, -0.15) is 16.4 Å². The van der Waals surface area contributed by atoms with Gasteiger partial charge >= 0.3 is 6.03 Å². The van der Waals surface area contributed by atoms with Crippen LogP contribution in [0.2, 0.25) is 0 Å². The summed E-state index contributed by atoms with van der Waals surface area (Å²) in [6.07, 6.45) is 3.89. The van der Waals surface area contributed by atoms with E-state index in [2.05, 4.69) is 27.2 Å². The van der Waals surface area contributed by atoms with E-state index in [1.807, 2.05) is 48.5 Å². The van der Waals surface area contributed by atoms with Crippen LogP contribution < -0.4 is 5.32 Å². The fourth-order valence-corrected chi connectivity index (χ4v) is 4.25. The van der Waals surface area contributed by atoms with Crippen LogP contribution in [0.1, 0.15) is 24.3 Å². The predicted molar refractivity (Wildman–Crippen MR) is 106 cm³/mol. The Balaban J connectivity index is 1.43. The minimum Gasteiger partial charge on any atom is -0.324 e. The number of piperidine rings is 1. The molecule has 3 aromatic rings. The standard InChI is InChI=1S/C20H22N4OS/c1-23-13-18(19(22-23)16-5-3-2-4-6-16)21-20(25)24-10-7-15(8-11-24)17-9-12-26-14-17/h2-6,9,12-15H,7-8,10-11H2,1H3,(H,21,25). The van der Waals surface area contributed by atoms with Crippen LogP contribution >= 0.6 is 11.3 Å². The van der Waals surface area contributed by atoms with Crippen LogP contribution in [0.25, 0.3) is 11.3 Å². The maximum atomic E-state index is 12.7. The minimum absolute atomic E-state index is 0.0426. The first-order valence-corrected chi connectivity index (χ1v) is 9.82. The number of nitrogens with one attached hydrogen (secondary N) is 1. The second kappa shape index (κ2) is 7.33. The number of hydrogen-bond donors (Lipinski definition) is 1. The Morgan fingerprint density at radius 3 is 2.65 bits per heavy atom. The summed E-state index contributed by atoms with van der Waals surface area (Å²) in [5.74, 6) is 0.573. The highest BCUT2D eigenvalue weighted by Crippen LogP contribution is 2.30. The van der Waals surface area contributed by atoms with Crippen molar-refractivity contribution in [1.29, 1.82) is 0 Å². The maximum absolute atomic E-state index is 12.7. The van der Waals surface area contributed by atoms with E-state index < -0.39 is 0 Å². The average molecular weight is 366 g/mol. The molecule has 6 heteroatoms. The van der Waals surface area contributed by atoms with Crippen molar-refractivity contribution in [2.45, 2.75) is 18.8 Å². The number of aromatic nitrogens is 2. The molecule has 1 aliphatic heterocycles. The first kappa shape index (κ1) is 16.8. The minimum atomic E-state index is -0.0426. The van der Waals surface area contributed by atoms with Gasteiger partial charge in [0, 0.05) is 31.9 Å². The molecule has 1 N–H and O–H groups in total. The highest BCUT2D eigenvalue weighted by Gasteiger charge is 2.25. The Morgan fingerprint density at radius 2 is 1.96 bits per heavy atom. The Labute approximate surface area is 157 Å². The molecule has 26 heavy (non-hydrogen) atoms. The van der Waals surface area contributed by atoms with Gasteiger partial charge in [-0.1, -0.05) is 30.3 Å². The summed E-state index contributed by atoms with van der Waals surface area (Å²) in [5, 5.41) is 11.9. The van der Waals surface area contributed by atoms with Gasteiger partial charge in [-0.15, -0.1) is 0 Å².